The molecule has 2 aromatic carbocycles. The van der Waals surface area contributed by atoms with Gasteiger partial charge in [0.2, 0.25) is 15.9 Å². The lowest BCUT2D eigenvalue weighted by molar-refractivity contribution is -0.116. The lowest BCUT2D eigenvalue weighted by Gasteiger charge is -2.19. The van der Waals surface area contributed by atoms with Gasteiger partial charge in [-0.05, 0) is 55.2 Å². The monoisotopic (exact) mass is 452 g/mol. The van der Waals surface area contributed by atoms with Crippen LogP contribution in [0.1, 0.15) is 30.5 Å². The quantitative estimate of drug-likeness (QED) is 0.685. The van der Waals surface area contributed by atoms with Crippen molar-refractivity contribution in [2.75, 3.05) is 18.9 Å². The third-order valence-corrected chi connectivity index (χ3v) is 6.66. The lowest BCUT2D eigenvalue weighted by atomic mass is 10.0. The Morgan fingerprint density at radius 1 is 1.07 bits per heavy atom. The van der Waals surface area contributed by atoms with Gasteiger partial charge in [0.15, 0.2) is 0 Å². The van der Waals surface area contributed by atoms with Gasteiger partial charge in [-0.1, -0.05) is 47.5 Å². The van der Waals surface area contributed by atoms with Gasteiger partial charge in [-0.25, -0.2) is 8.42 Å². The first-order valence-electron chi connectivity index (χ1n) is 8.83. The number of nitrogens with zero attached hydrogens (tertiary/aromatic N) is 1. The number of anilines is 1. The molecule has 1 amide bonds. The molecule has 0 aliphatic rings. The largest absolute Gasteiger partial charge is 0.324 e. The molecule has 2 aromatic rings. The van der Waals surface area contributed by atoms with Crippen LogP contribution >= 0.6 is 15.9 Å². The van der Waals surface area contributed by atoms with Crippen LogP contribution in [0.3, 0.4) is 0 Å². The van der Waals surface area contributed by atoms with E-state index in [0.29, 0.717) is 0 Å². The summed E-state index contributed by atoms with van der Waals surface area (Å²) in [5.74, 6) is -0.361. The summed E-state index contributed by atoms with van der Waals surface area (Å²) in [6, 6.07) is 10.5. The highest BCUT2D eigenvalue weighted by atomic mass is 79.9. The summed E-state index contributed by atoms with van der Waals surface area (Å²) < 4.78 is 27.4. The zero-order valence-corrected chi connectivity index (χ0v) is 18.4. The Morgan fingerprint density at radius 3 is 2.07 bits per heavy atom. The molecular weight excluding hydrogens is 428 g/mol. The number of aryl methyl sites for hydroxylation is 3. The molecule has 1 N–H and O–H groups in total. The number of likely N-dealkylation sites (N-methyl/N-ethyl adjacent to an activating group) is 1. The maximum absolute atomic E-state index is 12.7. The zero-order valence-electron chi connectivity index (χ0n) is 16.0. The van der Waals surface area contributed by atoms with E-state index in [1.807, 2.05) is 32.9 Å². The number of sulfonamides is 1. The van der Waals surface area contributed by atoms with Crippen LogP contribution in [0.15, 0.2) is 45.8 Å². The Bertz CT molecular complexity index is 900. The maximum Gasteiger partial charge on any atom is 0.243 e. The fourth-order valence-corrected chi connectivity index (χ4v) is 4.48. The number of benzene rings is 2. The summed E-state index contributed by atoms with van der Waals surface area (Å²) in [4.78, 5) is 12.7. The SMILES string of the molecule is CCc1cc(Br)cc(CC)c1NC(=O)CN(C)S(=O)(=O)c1ccc(C)cc1. The molecule has 0 atom stereocenters. The predicted molar refractivity (Wildman–Crippen MR) is 113 cm³/mol. The smallest absolute Gasteiger partial charge is 0.243 e. The molecule has 0 aromatic heterocycles. The van der Waals surface area contributed by atoms with Crippen molar-refractivity contribution in [3.05, 3.63) is 57.6 Å². The maximum atomic E-state index is 12.7. The fraction of sp³-hybridized carbons (Fsp3) is 0.350. The number of hydrogen-bond acceptors (Lipinski definition) is 3. The van der Waals surface area contributed by atoms with Crippen LogP contribution in [-0.4, -0.2) is 32.2 Å². The summed E-state index contributed by atoms with van der Waals surface area (Å²) in [5, 5.41) is 2.91. The fourth-order valence-electron chi connectivity index (χ4n) is 2.80. The number of halogens is 1. The Balaban J connectivity index is 2.19. The topological polar surface area (TPSA) is 66.5 Å². The number of rotatable bonds is 7. The van der Waals surface area contributed by atoms with Gasteiger partial charge < -0.3 is 5.32 Å². The van der Waals surface area contributed by atoms with E-state index >= 15 is 0 Å². The van der Waals surface area contributed by atoms with Gasteiger partial charge in [-0.15, -0.1) is 0 Å². The van der Waals surface area contributed by atoms with Crippen LogP contribution in [0.25, 0.3) is 0 Å². The molecule has 5 nitrogen and oxygen atoms in total. The summed E-state index contributed by atoms with van der Waals surface area (Å²) in [6.07, 6.45) is 1.53. The highest BCUT2D eigenvalue weighted by Gasteiger charge is 2.23. The molecule has 0 saturated carbocycles. The van der Waals surface area contributed by atoms with Gasteiger partial charge in [0.1, 0.15) is 0 Å². The zero-order chi connectivity index (χ0) is 20.2. The molecule has 0 heterocycles. The van der Waals surface area contributed by atoms with Crippen LogP contribution < -0.4 is 5.32 Å². The molecule has 0 spiro atoms. The minimum atomic E-state index is -3.72. The second-order valence-corrected chi connectivity index (χ2v) is 9.39. The van der Waals surface area contributed by atoms with Gasteiger partial charge in [0, 0.05) is 17.2 Å². The van der Waals surface area contributed by atoms with Gasteiger partial charge in [-0.3, -0.25) is 4.79 Å². The summed E-state index contributed by atoms with van der Waals surface area (Å²) in [5.41, 5.74) is 3.77. The molecule has 0 saturated heterocycles. The summed E-state index contributed by atoms with van der Waals surface area (Å²) in [6.45, 7) is 5.68. The van der Waals surface area contributed by atoms with E-state index in [-0.39, 0.29) is 17.3 Å². The number of nitrogens with one attached hydrogen (secondary N) is 1. The molecule has 0 radical (unpaired) electrons. The molecule has 0 aliphatic heterocycles. The first-order valence-corrected chi connectivity index (χ1v) is 11.1. The Hall–Kier alpha value is -1.70. The average molecular weight is 453 g/mol. The number of carbonyl (C=O) groups is 1. The molecule has 2 rings (SSSR count). The molecule has 0 fully saturated rings. The number of carbonyl (C=O) groups excluding carboxylic acids is 1. The predicted octanol–water partition coefficient (Wildman–Crippen LogP) is 4.14. The van der Waals surface area contributed by atoms with Crippen molar-refractivity contribution in [1.82, 2.24) is 4.31 Å². The highest BCUT2D eigenvalue weighted by Crippen LogP contribution is 2.27. The first-order chi connectivity index (χ1) is 12.7. The van der Waals surface area contributed by atoms with Crippen molar-refractivity contribution in [3.8, 4) is 0 Å². The molecule has 0 bridgehead atoms. The third-order valence-electron chi connectivity index (χ3n) is 4.39. The Kier molecular flexibility index (Phi) is 7.19. The second-order valence-electron chi connectivity index (χ2n) is 6.43. The lowest BCUT2D eigenvalue weighted by Crippen LogP contribution is -2.35. The molecule has 7 heteroatoms. The average Bonchev–Trinajstić information content (AvgIpc) is 2.62. The van der Waals surface area contributed by atoms with Gasteiger partial charge in [-0.2, -0.15) is 4.31 Å². The number of hydrogen-bond donors (Lipinski definition) is 1. The van der Waals surface area contributed by atoms with Crippen LogP contribution in [0, 0.1) is 6.92 Å². The molecule has 0 unspecified atom stereocenters. The first kappa shape index (κ1) is 21.6. The second kappa shape index (κ2) is 8.99. The molecule has 0 aliphatic carbocycles. The summed E-state index contributed by atoms with van der Waals surface area (Å²) >= 11 is 3.49. The van der Waals surface area contributed by atoms with E-state index in [4.69, 9.17) is 0 Å². The molecule has 146 valence electrons. The van der Waals surface area contributed by atoms with Gasteiger partial charge in [0.05, 0.1) is 11.4 Å². The molecular formula is C20H25BrN2O3S. The van der Waals surface area contributed by atoms with E-state index in [9.17, 15) is 13.2 Å². The normalized spacial score (nSPS) is 11.6. The van der Waals surface area contributed by atoms with Gasteiger partial charge in [0.25, 0.3) is 0 Å². The summed E-state index contributed by atoms with van der Waals surface area (Å²) in [7, 11) is -2.30. The molecule has 27 heavy (non-hydrogen) atoms. The van der Waals surface area contributed by atoms with Crippen molar-refractivity contribution < 1.29 is 13.2 Å². The van der Waals surface area contributed by atoms with E-state index in [1.54, 1.807) is 24.3 Å². The van der Waals surface area contributed by atoms with E-state index in [1.165, 1.54) is 7.05 Å². The Morgan fingerprint density at radius 2 is 1.59 bits per heavy atom. The van der Waals surface area contributed by atoms with Crippen LogP contribution in [0.2, 0.25) is 0 Å². The standard InChI is InChI=1S/C20H25BrN2O3S/c1-5-15-11-17(21)12-16(6-2)20(15)22-19(24)13-23(4)27(25,26)18-9-7-14(3)8-10-18/h7-12H,5-6,13H2,1-4H3,(H,22,24). The number of amides is 1. The van der Waals surface area contributed by atoms with Crippen molar-refractivity contribution in [2.45, 2.75) is 38.5 Å². The minimum Gasteiger partial charge on any atom is -0.324 e. The van der Waals surface area contributed by atoms with Crippen molar-refractivity contribution in [2.24, 2.45) is 0 Å². The Labute approximate surface area is 170 Å². The van der Waals surface area contributed by atoms with Crippen LogP contribution in [0.5, 0.6) is 0 Å². The van der Waals surface area contributed by atoms with Crippen LogP contribution in [0.4, 0.5) is 5.69 Å². The minimum absolute atomic E-state index is 0.176. The van der Waals surface area contributed by atoms with Crippen LogP contribution in [-0.2, 0) is 27.7 Å². The van der Waals surface area contributed by atoms with E-state index in [2.05, 4.69) is 21.2 Å². The van der Waals surface area contributed by atoms with E-state index < -0.39 is 10.0 Å². The van der Waals surface area contributed by atoms with Crippen molar-refractivity contribution in [1.29, 1.82) is 0 Å². The van der Waals surface area contributed by atoms with Gasteiger partial charge >= 0.3 is 0 Å². The van der Waals surface area contributed by atoms with Crippen molar-refractivity contribution >= 4 is 37.5 Å². The highest BCUT2D eigenvalue weighted by molar-refractivity contribution is 9.10. The van der Waals surface area contributed by atoms with Crippen molar-refractivity contribution in [3.63, 3.8) is 0 Å². The third kappa shape index (κ3) is 5.18. The van der Waals surface area contributed by atoms with E-state index in [0.717, 1.165) is 44.0 Å².